The van der Waals surface area contributed by atoms with Gasteiger partial charge in [0.1, 0.15) is 54.9 Å². The Morgan fingerprint density at radius 2 is 1.71 bits per heavy atom. The molecule has 10 atom stereocenters. The van der Waals surface area contributed by atoms with Crippen molar-refractivity contribution >= 4 is 64.2 Å². The highest BCUT2D eigenvalue weighted by atomic mass is 16.6. The van der Waals surface area contributed by atoms with E-state index in [0.717, 1.165) is 32.1 Å². The van der Waals surface area contributed by atoms with Gasteiger partial charge in [-0.3, -0.25) is 38.6 Å². The van der Waals surface area contributed by atoms with Crippen LogP contribution in [0.1, 0.15) is 98.0 Å². The fraction of sp³-hybridized carbons (Fsp3) is 0.617. The second-order valence-electron chi connectivity index (χ2n) is 18.5. The van der Waals surface area contributed by atoms with Crippen molar-refractivity contribution in [3.63, 3.8) is 0 Å². The minimum atomic E-state index is -1.59. The first-order valence-electron chi connectivity index (χ1n) is 24.2. The molecule has 0 saturated carbocycles. The number of likely N-dealkylation sites (tertiary alicyclic amines) is 2. The van der Waals surface area contributed by atoms with Crippen LogP contribution in [0, 0.1) is 17.8 Å². The van der Waals surface area contributed by atoms with E-state index in [4.69, 9.17) is 9.47 Å². The maximum atomic E-state index is 13.6. The lowest BCUT2D eigenvalue weighted by Gasteiger charge is -2.43. The van der Waals surface area contributed by atoms with E-state index in [2.05, 4.69) is 60.4 Å². The average molecular weight is 978 g/mol. The Morgan fingerprint density at radius 3 is 2.41 bits per heavy atom. The summed E-state index contributed by atoms with van der Waals surface area (Å²) in [5.74, 6) is -3.17. The zero-order valence-corrected chi connectivity index (χ0v) is 40.3. The number of fused-ring (bicyclic) bond motifs is 1. The van der Waals surface area contributed by atoms with Crippen LogP contribution in [0.4, 0.5) is 16.3 Å². The molecule has 382 valence electrons. The van der Waals surface area contributed by atoms with Crippen molar-refractivity contribution in [3.8, 4) is 0 Å². The predicted molar refractivity (Wildman–Crippen MR) is 252 cm³/mol. The van der Waals surface area contributed by atoms with E-state index in [1.54, 1.807) is 38.1 Å². The van der Waals surface area contributed by atoms with E-state index in [-0.39, 0.29) is 67.9 Å². The number of imidazole rings is 1. The van der Waals surface area contributed by atoms with Gasteiger partial charge in [-0.05, 0) is 62.1 Å². The summed E-state index contributed by atoms with van der Waals surface area (Å²) in [4.78, 5) is 110. The Morgan fingerprint density at radius 1 is 0.957 bits per heavy atom. The molecule has 3 fully saturated rings. The summed E-state index contributed by atoms with van der Waals surface area (Å²) in [6.07, 6.45) is 1.73. The number of carbonyl (C=O) groups excluding carboxylic acids is 7. The molecule has 3 aliphatic heterocycles. The van der Waals surface area contributed by atoms with Gasteiger partial charge in [-0.25, -0.2) is 19.7 Å². The van der Waals surface area contributed by atoms with Gasteiger partial charge >= 0.3 is 6.09 Å². The first-order valence-corrected chi connectivity index (χ1v) is 24.2. The molecule has 2 aromatic heterocycles. The van der Waals surface area contributed by atoms with E-state index < -0.39 is 85.0 Å². The lowest BCUT2D eigenvalue weighted by atomic mass is 9.83. The number of carbonyl (C=O) groups is 7. The highest BCUT2D eigenvalue weighted by Gasteiger charge is 2.47. The van der Waals surface area contributed by atoms with Crippen molar-refractivity contribution in [3.05, 3.63) is 42.5 Å². The molecule has 0 spiro atoms. The average Bonchev–Trinajstić information content (AvgIpc) is 4.10. The standard InChI is InChI=1S/C47H67N11O12/c1-6-8-11-28(10-7-2)30-20-34(61)58(46(30)67)19-17-33(60)54-35(25(3)4)44(66)52-26(5)42(64)53-29-15-13-27(14-16-29)22-69-47(68)57-18-9-12-31(57)43(65)55-36-32(21-59)70-45(39(63)38(36)62)56-41-37-40(49-23-48-37)50-24-51-41/h13-16,23-26,28,30-32,35-36,38-39,45,59,62-63H,6-12,17-22H2,1-5H3,(H,52,66)(H,53,64)(H,54,60)(H,55,65)(H2,48,49,50,51,56)/t26-,28?,30?,31+,32-,35-,36-,38+,39-,45-/m0/s1. The number of H-pyrrole nitrogens is 1. The van der Waals surface area contributed by atoms with Crippen molar-refractivity contribution in [1.82, 2.24) is 45.7 Å². The maximum absolute atomic E-state index is 13.6. The molecule has 6 rings (SSSR count). The first kappa shape index (κ1) is 53.1. The summed E-state index contributed by atoms with van der Waals surface area (Å²) >= 11 is 0. The lowest BCUT2D eigenvalue weighted by Crippen LogP contribution is -2.67. The monoisotopic (exact) mass is 977 g/mol. The molecule has 23 nitrogen and oxygen atoms in total. The number of nitrogens with zero attached hydrogens (tertiary/aromatic N) is 5. The third-order valence-corrected chi connectivity index (χ3v) is 13.1. The molecule has 7 amide bonds. The van der Waals surface area contributed by atoms with Gasteiger partial charge in [0.15, 0.2) is 17.7 Å². The van der Waals surface area contributed by atoms with Gasteiger partial charge in [0, 0.05) is 31.6 Å². The molecule has 9 N–H and O–H groups in total. The molecule has 3 aliphatic rings. The van der Waals surface area contributed by atoms with Gasteiger partial charge in [-0.15, -0.1) is 0 Å². The predicted octanol–water partition coefficient (Wildman–Crippen LogP) is 1.45. The number of aliphatic hydroxyl groups excluding tert-OH is 3. The quantitative estimate of drug-likeness (QED) is 0.0644. The van der Waals surface area contributed by atoms with Gasteiger partial charge in [0.25, 0.3) is 0 Å². The third-order valence-electron chi connectivity index (χ3n) is 13.1. The Bertz CT molecular complexity index is 2310. The lowest BCUT2D eigenvalue weighted by molar-refractivity contribution is -0.185. The number of anilines is 2. The Kier molecular flexibility index (Phi) is 18.6. The number of hydrogen-bond acceptors (Lipinski definition) is 16. The largest absolute Gasteiger partial charge is 0.445 e. The van der Waals surface area contributed by atoms with Gasteiger partial charge in [-0.1, -0.05) is 59.1 Å². The van der Waals surface area contributed by atoms with Crippen LogP contribution in [0.3, 0.4) is 0 Å². The van der Waals surface area contributed by atoms with Crippen LogP contribution in [0.25, 0.3) is 11.2 Å². The number of unbranched alkanes of at least 4 members (excludes halogenated alkanes) is 1. The second-order valence-corrected chi connectivity index (χ2v) is 18.5. The SMILES string of the molecule is CCCCC(CCC)C1CC(=O)N(CCC(=O)N[C@H](C(=O)N[C@@H](C)C(=O)Nc2ccc(COC(=O)N3CCC[C@@H]3C(=O)N[C@@H]3[C@@H](O)[C@H](O)[C@@H](Nc4ncnc5nc[nH]c45)O[C@H]3CO)cc2)C(C)C)C1=O. The highest BCUT2D eigenvalue weighted by molar-refractivity contribution is 6.04. The van der Waals surface area contributed by atoms with Crippen LogP contribution in [0.2, 0.25) is 0 Å². The summed E-state index contributed by atoms with van der Waals surface area (Å²) in [6, 6.07) is 2.20. The molecule has 3 aromatic rings. The number of amides is 7. The molecular weight excluding hydrogens is 911 g/mol. The van der Waals surface area contributed by atoms with E-state index in [9.17, 15) is 48.9 Å². The van der Waals surface area contributed by atoms with E-state index >= 15 is 0 Å². The van der Waals surface area contributed by atoms with Crippen LogP contribution >= 0.6 is 0 Å². The number of ether oxygens (including phenoxy) is 2. The smallest absolute Gasteiger partial charge is 0.410 e. The van der Waals surface area contributed by atoms with Crippen molar-refractivity contribution in [2.75, 3.05) is 30.3 Å². The summed E-state index contributed by atoms with van der Waals surface area (Å²) in [6.45, 7) is 8.47. The zero-order chi connectivity index (χ0) is 50.6. The number of aliphatic hydroxyl groups is 3. The van der Waals surface area contributed by atoms with Crippen molar-refractivity contribution < 1.29 is 58.4 Å². The van der Waals surface area contributed by atoms with Gasteiger partial charge in [-0.2, -0.15) is 0 Å². The van der Waals surface area contributed by atoms with Gasteiger partial charge in [0.2, 0.25) is 35.4 Å². The number of hydrogen-bond donors (Lipinski definition) is 9. The number of aromatic amines is 1. The summed E-state index contributed by atoms with van der Waals surface area (Å²) in [5.41, 5.74) is 1.73. The zero-order valence-electron chi connectivity index (χ0n) is 40.3. The maximum Gasteiger partial charge on any atom is 0.410 e. The Labute approximate surface area is 405 Å². The molecular formula is C47H67N11O12. The summed E-state index contributed by atoms with van der Waals surface area (Å²) < 4.78 is 11.4. The number of aromatic nitrogens is 4. The van der Waals surface area contributed by atoms with Crippen LogP contribution in [-0.4, -0.2) is 155 Å². The van der Waals surface area contributed by atoms with Crippen molar-refractivity contribution in [1.29, 1.82) is 0 Å². The summed E-state index contributed by atoms with van der Waals surface area (Å²) in [7, 11) is 0. The van der Waals surface area contributed by atoms with Crippen molar-refractivity contribution in [2.45, 2.75) is 148 Å². The molecule has 0 radical (unpaired) electrons. The van der Waals surface area contributed by atoms with Gasteiger partial charge < -0.3 is 56.4 Å². The molecule has 0 aliphatic carbocycles. The normalized spacial score (nSPS) is 23.8. The Balaban J connectivity index is 0.933. The van der Waals surface area contributed by atoms with Gasteiger partial charge in [0.05, 0.1) is 24.9 Å². The van der Waals surface area contributed by atoms with Crippen molar-refractivity contribution in [2.24, 2.45) is 17.8 Å². The number of rotatable bonds is 22. The topological polar surface area (TPSA) is 320 Å². The first-order chi connectivity index (χ1) is 33.5. The third kappa shape index (κ3) is 12.9. The molecule has 0 bridgehead atoms. The van der Waals surface area contributed by atoms with E-state index in [1.807, 2.05) is 0 Å². The fourth-order valence-electron chi connectivity index (χ4n) is 9.17. The molecule has 1 aromatic carbocycles. The number of nitrogens with one attached hydrogen (secondary N) is 6. The molecule has 2 unspecified atom stereocenters. The molecule has 23 heteroatoms. The highest BCUT2D eigenvalue weighted by Crippen LogP contribution is 2.33. The van der Waals surface area contributed by atoms with E-state index in [1.165, 1.54) is 29.4 Å². The summed E-state index contributed by atoms with van der Waals surface area (Å²) in [5, 5.41) is 45.8. The van der Waals surface area contributed by atoms with E-state index in [0.29, 0.717) is 35.3 Å². The second kappa shape index (κ2) is 24.5. The number of imide groups is 1. The van der Waals surface area contributed by atoms with Crippen LogP contribution in [-0.2, 0) is 44.8 Å². The minimum absolute atomic E-state index is 0.0788. The number of benzene rings is 1. The van der Waals surface area contributed by atoms with Crippen LogP contribution in [0.5, 0.6) is 0 Å². The Hall–Kier alpha value is -6.30. The van der Waals surface area contributed by atoms with Crippen LogP contribution in [0.15, 0.2) is 36.9 Å². The molecule has 70 heavy (non-hydrogen) atoms. The molecule has 3 saturated heterocycles. The minimum Gasteiger partial charge on any atom is -0.445 e. The molecule has 5 heterocycles. The fourth-order valence-corrected chi connectivity index (χ4v) is 9.17. The van der Waals surface area contributed by atoms with Crippen LogP contribution < -0.4 is 26.6 Å².